The quantitative estimate of drug-likeness (QED) is 0.0210. The van der Waals surface area contributed by atoms with Crippen LogP contribution in [0.4, 0.5) is 5.69 Å². The number of amides is 4. The van der Waals surface area contributed by atoms with Gasteiger partial charge in [-0.1, -0.05) is 73.7 Å². The van der Waals surface area contributed by atoms with Gasteiger partial charge in [0.2, 0.25) is 29.9 Å². The Balaban J connectivity index is 0.992. The first kappa shape index (κ1) is 77.1. The van der Waals surface area contributed by atoms with Gasteiger partial charge >= 0.3 is 0 Å². The maximum Gasteiger partial charge on any atom is 0.246 e. The van der Waals surface area contributed by atoms with Crippen LogP contribution >= 0.6 is 0 Å². The maximum absolute atomic E-state index is 15.0. The van der Waals surface area contributed by atoms with Crippen molar-refractivity contribution in [3.8, 4) is 5.75 Å². The van der Waals surface area contributed by atoms with Crippen molar-refractivity contribution in [2.75, 3.05) is 65.1 Å². The number of guanidine groups is 2. The first-order valence-corrected chi connectivity index (χ1v) is 31.8. The molecule has 4 amide bonds. The molecule has 3 aromatic carbocycles. The van der Waals surface area contributed by atoms with Crippen LogP contribution in [0, 0.1) is 0 Å². The molecule has 99 heavy (non-hydrogen) atoms. The lowest BCUT2D eigenvalue weighted by atomic mass is 9.93. The summed E-state index contributed by atoms with van der Waals surface area (Å²) >= 11 is 0. The number of anilines is 1. The number of ether oxygens (including phenoxy) is 6. The van der Waals surface area contributed by atoms with Crippen LogP contribution in [-0.4, -0.2) is 320 Å². The molecule has 25 atom stereocenters. The molecule has 0 saturated carbocycles. The van der Waals surface area contributed by atoms with Gasteiger partial charge in [0.15, 0.2) is 24.4 Å². The number of hydrogen-bond acceptors (Lipinski definition) is 32. The Hall–Kier alpha value is -7.67. The minimum atomic E-state index is -2.26. The zero-order valence-electron chi connectivity index (χ0n) is 54.2. The van der Waals surface area contributed by atoms with E-state index >= 15 is 0 Å². The Labute approximate surface area is 567 Å². The fourth-order valence-corrected chi connectivity index (χ4v) is 11.8. The summed E-state index contributed by atoms with van der Waals surface area (Å²) in [5.74, 6) is -6.16. The monoisotopic (exact) mass is 1400 g/mol. The summed E-state index contributed by atoms with van der Waals surface area (Å²) in [5, 5.41) is 154. The number of aliphatic hydroxyl groups is 13. The van der Waals surface area contributed by atoms with Gasteiger partial charge in [0, 0.05) is 32.1 Å². The highest BCUT2D eigenvalue weighted by atomic mass is 16.7. The second-order valence-electron chi connectivity index (χ2n) is 24.8. The number of aliphatic hydroxyl groups excluding tert-OH is 13. The van der Waals surface area contributed by atoms with Crippen molar-refractivity contribution < 1.29 is 119 Å². The summed E-state index contributed by atoms with van der Waals surface area (Å²) in [5.41, 5.74) is 21.4. The molecule has 5 aliphatic rings. The Bertz CT molecular complexity index is 3240. The zero-order chi connectivity index (χ0) is 72.1. The molecule has 36 nitrogen and oxygen atoms in total. The number of hydrogen-bond donors (Lipinski definition) is 21. The van der Waals surface area contributed by atoms with Gasteiger partial charge in [-0.25, -0.2) is 0 Å². The van der Waals surface area contributed by atoms with Crippen LogP contribution in [0.3, 0.4) is 0 Å². The number of benzene rings is 3. The number of rotatable bonds is 31. The summed E-state index contributed by atoms with van der Waals surface area (Å²) in [6, 6.07) is 9.92. The number of aldehydes is 1. The lowest BCUT2D eigenvalue weighted by Gasteiger charge is -2.46. The number of nitrogens with one attached hydrogen (secondary N) is 5. The minimum absolute atomic E-state index is 0.0364. The van der Waals surface area contributed by atoms with Gasteiger partial charge in [-0.3, -0.25) is 29.2 Å². The number of carbonyl (C=O) groups excluding carboxylic acids is 5. The largest absolute Gasteiger partial charge is 0.462 e. The molecule has 5 aliphatic heterocycles. The summed E-state index contributed by atoms with van der Waals surface area (Å²) in [6.07, 6.45) is -27.2. The van der Waals surface area contributed by atoms with E-state index in [-0.39, 0.29) is 43.3 Å². The maximum atomic E-state index is 15.0. The van der Waals surface area contributed by atoms with Crippen molar-refractivity contribution in [1.82, 2.24) is 31.5 Å². The zero-order valence-corrected chi connectivity index (χ0v) is 54.2. The van der Waals surface area contributed by atoms with E-state index in [1.165, 1.54) is 24.3 Å². The molecule has 25 unspecified atom stereocenters. The standard InChI is InChI=1S/C63H90N12O24/c1-28(31-9-5-4-6-10-31)41(64)56(91)70-35(20-30-13-17-34(18-14-30)95-60-53(89)50(86)54(39(26-79)97-60)99-61-52(88)49(85)47(83)40(98-61)27-94-19-7-8-29-11-15-33(16-12-29)74(2)3)55(90)72-42(44(80)36-21-67-62(65)71-36)58(93)73-43(57(92)69-32(23-76)24-77)45(81)37-22-68-63(66)75(37)59-51(87)48(84)46(82)38(25-78)96-59/h4-18,23,28,32,35-54,59-61,77-89H,19-22,24-27,64H2,1-3H3,(H2,66,68)(H,69,92)(H,70,91)(H,72,90)(H,73,93)(H3,65,67,71)/b8-7+. The predicted molar refractivity (Wildman–Crippen MR) is 346 cm³/mol. The highest BCUT2D eigenvalue weighted by Gasteiger charge is 2.54. The van der Waals surface area contributed by atoms with Crippen LogP contribution < -0.4 is 53.4 Å². The molecular weight excluding hydrogens is 1310 g/mol. The second-order valence-corrected chi connectivity index (χ2v) is 24.8. The molecule has 8 rings (SSSR count). The average molecular weight is 1400 g/mol. The van der Waals surface area contributed by atoms with Crippen molar-refractivity contribution in [3.05, 3.63) is 102 Å². The Kier molecular flexibility index (Phi) is 27.3. The molecule has 0 spiro atoms. The molecule has 0 aromatic heterocycles. The molecule has 3 saturated heterocycles. The highest BCUT2D eigenvalue weighted by Crippen LogP contribution is 2.33. The number of aliphatic imine (C=N–C) groups is 2. The van der Waals surface area contributed by atoms with Gasteiger partial charge in [-0.2, -0.15) is 0 Å². The van der Waals surface area contributed by atoms with Crippen molar-refractivity contribution >= 4 is 53.6 Å². The molecule has 3 fully saturated rings. The summed E-state index contributed by atoms with van der Waals surface area (Å²) in [4.78, 5) is 81.2. The molecule has 5 heterocycles. The fourth-order valence-electron chi connectivity index (χ4n) is 11.8. The topological polar surface area (TPSA) is 573 Å². The van der Waals surface area contributed by atoms with Gasteiger partial charge in [-0.15, -0.1) is 0 Å². The van der Waals surface area contributed by atoms with Gasteiger partial charge in [0.05, 0.1) is 64.2 Å². The fraction of sp³-hybridized carbons (Fsp3) is 0.571. The third-order valence-corrected chi connectivity index (χ3v) is 17.7. The Morgan fingerprint density at radius 3 is 1.94 bits per heavy atom. The Morgan fingerprint density at radius 1 is 0.697 bits per heavy atom. The van der Waals surface area contributed by atoms with Crippen LogP contribution in [0.5, 0.6) is 5.75 Å². The first-order chi connectivity index (χ1) is 47.2. The number of nitrogens with zero attached hydrogens (tertiary/aromatic N) is 4. The Morgan fingerprint density at radius 2 is 1.31 bits per heavy atom. The SMILES string of the molecule is CC(c1ccccc1)C(N)C(=O)NC(Cc1ccc(OC2OC(CO)C(OC3OC(COC/C=C/c4ccc(N(C)C)cc4)C(O)C(O)C3O)C(O)C2O)cc1)C(=O)NC(C(=O)NC(C(=O)NC(C=O)CO)C(O)C1CN=C(N)N1C1OC(CO)C(O)C(O)C1O)C(O)C1CN=C(N)N1. The van der Waals surface area contributed by atoms with E-state index in [0.717, 1.165) is 16.2 Å². The van der Waals surface area contributed by atoms with Crippen molar-refractivity contribution in [2.24, 2.45) is 27.2 Å². The van der Waals surface area contributed by atoms with E-state index in [1.807, 2.05) is 49.3 Å². The van der Waals surface area contributed by atoms with Gasteiger partial charge < -0.3 is 153 Å². The van der Waals surface area contributed by atoms with E-state index in [0.29, 0.717) is 5.56 Å². The predicted octanol–water partition coefficient (Wildman–Crippen LogP) is -9.90. The third kappa shape index (κ3) is 18.7. The van der Waals surface area contributed by atoms with Gasteiger partial charge in [-0.05, 0) is 41.0 Å². The van der Waals surface area contributed by atoms with Crippen molar-refractivity contribution in [3.63, 3.8) is 0 Å². The summed E-state index contributed by atoms with van der Waals surface area (Å²) in [6.45, 7) is -2.09. The normalized spacial score (nSPS) is 31.0. The number of nitrogens with two attached hydrogens (primary N) is 3. The summed E-state index contributed by atoms with van der Waals surface area (Å²) in [7, 11) is 3.84. The minimum Gasteiger partial charge on any atom is -0.462 e. The molecule has 36 heteroatoms. The van der Waals surface area contributed by atoms with Crippen LogP contribution in [0.2, 0.25) is 0 Å². The van der Waals surface area contributed by atoms with Crippen LogP contribution in [-0.2, 0) is 54.1 Å². The average Bonchev–Trinajstić information content (AvgIpc) is 1.76. The van der Waals surface area contributed by atoms with Crippen LogP contribution in [0.25, 0.3) is 6.08 Å². The number of carbonyl (C=O) groups is 5. The van der Waals surface area contributed by atoms with Gasteiger partial charge in [0.1, 0.15) is 122 Å². The molecule has 24 N–H and O–H groups in total. The van der Waals surface area contributed by atoms with E-state index in [9.17, 15) is 90.4 Å². The molecule has 546 valence electrons. The molecule has 0 bridgehead atoms. The lowest BCUT2D eigenvalue weighted by Crippen LogP contribution is -2.70. The van der Waals surface area contributed by atoms with E-state index < -0.39 is 215 Å². The lowest BCUT2D eigenvalue weighted by molar-refractivity contribution is -0.353. The molecule has 3 aromatic rings. The summed E-state index contributed by atoms with van der Waals surface area (Å²) < 4.78 is 34.8. The van der Waals surface area contributed by atoms with E-state index in [4.69, 9.17) is 45.6 Å². The highest BCUT2D eigenvalue weighted by molar-refractivity contribution is 5.96. The van der Waals surface area contributed by atoms with E-state index in [1.54, 1.807) is 43.3 Å². The van der Waals surface area contributed by atoms with Crippen molar-refractivity contribution in [2.45, 2.75) is 166 Å². The van der Waals surface area contributed by atoms with Crippen LogP contribution in [0.15, 0.2) is 94.9 Å². The van der Waals surface area contributed by atoms with Gasteiger partial charge in [0.25, 0.3) is 0 Å². The van der Waals surface area contributed by atoms with E-state index in [2.05, 4.69) is 36.6 Å². The second kappa shape index (κ2) is 35.1. The molecular formula is C63H90N12O24. The molecule has 0 radical (unpaired) electrons. The first-order valence-electron chi connectivity index (χ1n) is 31.8. The third-order valence-electron chi connectivity index (χ3n) is 17.7. The molecule has 0 aliphatic carbocycles. The van der Waals surface area contributed by atoms with Crippen molar-refractivity contribution in [1.29, 1.82) is 0 Å². The smallest absolute Gasteiger partial charge is 0.246 e. The van der Waals surface area contributed by atoms with Crippen LogP contribution in [0.1, 0.15) is 29.5 Å².